The van der Waals surface area contributed by atoms with Crippen molar-refractivity contribution in [3.8, 4) is 5.75 Å². The lowest BCUT2D eigenvalue weighted by Crippen LogP contribution is -2.18. The molecule has 0 spiro atoms. The number of ether oxygens (including phenoxy) is 1. The maximum Gasteiger partial charge on any atom is 0.232 e. The molecule has 0 bridgehead atoms. The third kappa shape index (κ3) is 4.79. The maximum atomic E-state index is 15.2. The van der Waals surface area contributed by atoms with Crippen LogP contribution in [0.5, 0.6) is 5.75 Å². The molecule has 0 saturated heterocycles. The number of halogens is 3. The minimum absolute atomic E-state index is 0.00952. The van der Waals surface area contributed by atoms with Gasteiger partial charge in [0.2, 0.25) is 15.8 Å². The predicted octanol–water partition coefficient (Wildman–Crippen LogP) is 3.91. The van der Waals surface area contributed by atoms with Gasteiger partial charge in [0.15, 0.2) is 17.5 Å². The Kier molecular flexibility index (Phi) is 6.79. The average Bonchev–Trinajstić information content (AvgIpc) is 3.27. The number of methoxy groups -OCH3 is 1. The van der Waals surface area contributed by atoms with Crippen LogP contribution in [0.2, 0.25) is 0 Å². The van der Waals surface area contributed by atoms with Gasteiger partial charge in [0, 0.05) is 12.3 Å². The molecule has 14 heteroatoms. The minimum atomic E-state index is -3.91. The highest BCUT2D eigenvalue weighted by atomic mass is 32.2. The number of benzene rings is 1. The Morgan fingerprint density at radius 3 is 2.58 bits per heavy atom. The number of hydrogen-bond donors (Lipinski definition) is 3. The second-order valence-corrected chi connectivity index (χ2v) is 9.35. The zero-order chi connectivity index (χ0) is 26.0. The van der Waals surface area contributed by atoms with E-state index in [1.165, 1.54) is 13.3 Å². The van der Waals surface area contributed by atoms with Crippen molar-refractivity contribution in [1.29, 1.82) is 0 Å². The van der Waals surface area contributed by atoms with Crippen LogP contribution in [0.25, 0.3) is 11.0 Å². The highest BCUT2D eigenvalue weighted by Crippen LogP contribution is 2.31. The molecule has 1 aromatic carbocycles. The van der Waals surface area contributed by atoms with Crippen LogP contribution in [0.3, 0.4) is 0 Å². The molecule has 0 saturated carbocycles. The number of anilines is 3. The molecule has 0 fully saturated rings. The Hall–Kier alpha value is -4.20. The van der Waals surface area contributed by atoms with E-state index in [0.29, 0.717) is 0 Å². The number of rotatable bonds is 9. The number of carbonyl (C=O) groups excluding carboxylic acids is 1. The van der Waals surface area contributed by atoms with Crippen LogP contribution < -0.4 is 14.8 Å². The van der Waals surface area contributed by atoms with Gasteiger partial charge >= 0.3 is 0 Å². The molecule has 188 valence electrons. The summed E-state index contributed by atoms with van der Waals surface area (Å²) in [5.41, 5.74) is -1.69. The summed E-state index contributed by atoms with van der Waals surface area (Å²) in [5.74, 6) is -4.94. The van der Waals surface area contributed by atoms with Crippen molar-refractivity contribution >= 4 is 44.2 Å². The molecule has 4 rings (SSSR count). The van der Waals surface area contributed by atoms with Crippen LogP contribution in [-0.2, 0) is 10.0 Å². The van der Waals surface area contributed by atoms with E-state index in [4.69, 9.17) is 4.74 Å². The SMILES string of the molecule is CCCS(=O)(=O)Nc1ccc(F)c(C(=O)c2c[nH]c3ncnc(Nc4ncc(OC)cc4F)c23)c1F. The summed E-state index contributed by atoms with van der Waals surface area (Å²) in [6.07, 6.45) is 3.81. The maximum absolute atomic E-state index is 15.2. The van der Waals surface area contributed by atoms with Crippen LogP contribution in [-0.4, -0.2) is 47.0 Å². The fourth-order valence-electron chi connectivity index (χ4n) is 3.43. The Morgan fingerprint density at radius 1 is 1.11 bits per heavy atom. The molecule has 0 radical (unpaired) electrons. The predicted molar refractivity (Wildman–Crippen MR) is 125 cm³/mol. The van der Waals surface area contributed by atoms with Crippen molar-refractivity contribution in [3.63, 3.8) is 0 Å². The largest absolute Gasteiger partial charge is 0.495 e. The summed E-state index contributed by atoms with van der Waals surface area (Å²) in [5, 5.41) is 2.65. The van der Waals surface area contributed by atoms with Gasteiger partial charge in [-0.15, -0.1) is 0 Å². The third-order valence-electron chi connectivity index (χ3n) is 5.06. The van der Waals surface area contributed by atoms with Gasteiger partial charge in [0.25, 0.3) is 0 Å². The Bertz CT molecular complexity index is 1580. The lowest BCUT2D eigenvalue weighted by atomic mass is 10.0. The zero-order valence-corrected chi connectivity index (χ0v) is 19.7. The van der Waals surface area contributed by atoms with Gasteiger partial charge in [0.05, 0.1) is 41.3 Å². The number of ketones is 1. The van der Waals surface area contributed by atoms with Crippen LogP contribution in [0.1, 0.15) is 29.3 Å². The molecule has 0 aliphatic heterocycles. The van der Waals surface area contributed by atoms with Crippen LogP contribution in [0.4, 0.5) is 30.5 Å². The lowest BCUT2D eigenvalue weighted by molar-refractivity contribution is 0.103. The summed E-state index contributed by atoms with van der Waals surface area (Å²) in [4.78, 5) is 27.9. The van der Waals surface area contributed by atoms with Crippen LogP contribution in [0, 0.1) is 17.5 Å². The van der Waals surface area contributed by atoms with Crippen molar-refractivity contribution in [2.75, 3.05) is 22.9 Å². The number of aromatic amines is 1. The minimum Gasteiger partial charge on any atom is -0.495 e. The van der Waals surface area contributed by atoms with E-state index in [9.17, 15) is 22.0 Å². The van der Waals surface area contributed by atoms with Crippen molar-refractivity contribution in [3.05, 3.63) is 65.5 Å². The van der Waals surface area contributed by atoms with Gasteiger partial charge < -0.3 is 15.0 Å². The molecule has 36 heavy (non-hydrogen) atoms. The number of hydrogen-bond acceptors (Lipinski definition) is 8. The van der Waals surface area contributed by atoms with Gasteiger partial charge in [-0.05, 0) is 18.6 Å². The molecule has 3 N–H and O–H groups in total. The number of pyridine rings is 1. The standard InChI is InChI=1S/C22H19F3N6O4S/c1-3-6-36(33,34)31-15-5-4-13(23)17(18(15)25)19(32)12-9-27-21-16(12)22(29-10-28-21)30-20-14(24)7-11(35-2)8-26-20/h4-5,7-10,31H,3,6H2,1-2H3,(H2,26,27,28,29,30). The van der Waals surface area contributed by atoms with Crippen molar-refractivity contribution in [2.45, 2.75) is 13.3 Å². The van der Waals surface area contributed by atoms with Crippen molar-refractivity contribution in [2.24, 2.45) is 0 Å². The smallest absolute Gasteiger partial charge is 0.232 e. The number of sulfonamides is 1. The molecular weight excluding hydrogens is 501 g/mol. The van der Waals surface area contributed by atoms with E-state index < -0.39 is 44.5 Å². The van der Waals surface area contributed by atoms with E-state index in [0.717, 1.165) is 30.7 Å². The van der Waals surface area contributed by atoms with Gasteiger partial charge in [0.1, 0.15) is 29.4 Å². The third-order valence-corrected chi connectivity index (χ3v) is 6.54. The second kappa shape index (κ2) is 9.81. The molecule has 4 aromatic rings. The fraction of sp³-hybridized carbons (Fsp3) is 0.182. The molecule has 10 nitrogen and oxygen atoms in total. The average molecular weight is 520 g/mol. The van der Waals surface area contributed by atoms with Crippen LogP contribution in [0.15, 0.2) is 36.9 Å². The zero-order valence-electron chi connectivity index (χ0n) is 18.9. The summed E-state index contributed by atoms with van der Waals surface area (Å²) >= 11 is 0. The summed E-state index contributed by atoms with van der Waals surface area (Å²) in [6.45, 7) is 1.62. The second-order valence-electron chi connectivity index (χ2n) is 7.51. The van der Waals surface area contributed by atoms with E-state index >= 15 is 4.39 Å². The first kappa shape index (κ1) is 24.9. The summed E-state index contributed by atoms with van der Waals surface area (Å²) < 4.78 is 75.4. The molecule has 0 amide bonds. The molecule has 3 heterocycles. The van der Waals surface area contributed by atoms with Gasteiger partial charge in [-0.2, -0.15) is 0 Å². The van der Waals surface area contributed by atoms with E-state index in [2.05, 4.69) is 25.3 Å². The Balaban J connectivity index is 1.78. The Morgan fingerprint density at radius 2 is 1.89 bits per heavy atom. The van der Waals surface area contributed by atoms with E-state index in [-0.39, 0.29) is 46.2 Å². The first-order chi connectivity index (χ1) is 17.1. The number of fused-ring (bicyclic) bond motifs is 1. The Labute approximate surface area is 203 Å². The van der Waals surface area contributed by atoms with Crippen molar-refractivity contribution < 1.29 is 31.1 Å². The summed E-state index contributed by atoms with van der Waals surface area (Å²) in [6, 6.07) is 2.74. The van der Waals surface area contributed by atoms with Gasteiger partial charge in [-0.3, -0.25) is 9.52 Å². The molecule has 3 aromatic heterocycles. The highest BCUT2D eigenvalue weighted by molar-refractivity contribution is 7.92. The molecule has 0 aliphatic rings. The first-order valence-electron chi connectivity index (χ1n) is 10.5. The molecule has 0 aliphatic carbocycles. The van der Waals surface area contributed by atoms with Gasteiger partial charge in [-0.1, -0.05) is 6.92 Å². The fourth-order valence-corrected chi connectivity index (χ4v) is 4.57. The first-order valence-corrected chi connectivity index (χ1v) is 12.1. The number of aromatic nitrogens is 4. The normalized spacial score (nSPS) is 11.5. The summed E-state index contributed by atoms with van der Waals surface area (Å²) in [7, 11) is -2.57. The van der Waals surface area contributed by atoms with Crippen molar-refractivity contribution in [1.82, 2.24) is 19.9 Å². The molecule has 0 unspecified atom stereocenters. The highest BCUT2D eigenvalue weighted by Gasteiger charge is 2.27. The molecule has 0 atom stereocenters. The number of H-pyrrole nitrogens is 1. The molecular formula is C22H19F3N6O4S. The van der Waals surface area contributed by atoms with E-state index in [1.807, 2.05) is 4.72 Å². The van der Waals surface area contributed by atoms with Crippen LogP contribution >= 0.6 is 0 Å². The lowest BCUT2D eigenvalue weighted by Gasteiger charge is -2.12. The number of nitrogens with zero attached hydrogens (tertiary/aromatic N) is 3. The number of carbonyl (C=O) groups is 1. The topological polar surface area (TPSA) is 139 Å². The number of nitrogens with one attached hydrogen (secondary N) is 3. The monoisotopic (exact) mass is 520 g/mol. The van der Waals surface area contributed by atoms with Gasteiger partial charge in [-0.25, -0.2) is 36.5 Å². The quantitative estimate of drug-likeness (QED) is 0.283. The van der Waals surface area contributed by atoms with E-state index in [1.54, 1.807) is 6.92 Å².